The van der Waals surface area contributed by atoms with E-state index in [0.29, 0.717) is 24.7 Å². The topological polar surface area (TPSA) is 71.2 Å². The Balaban J connectivity index is 1.83. The Bertz CT molecular complexity index is 541. The van der Waals surface area contributed by atoms with E-state index in [0.717, 1.165) is 10.0 Å². The fourth-order valence-corrected chi connectivity index (χ4v) is 2.26. The van der Waals surface area contributed by atoms with Gasteiger partial charge >= 0.3 is 0 Å². The van der Waals surface area contributed by atoms with E-state index in [9.17, 15) is 5.11 Å². The minimum atomic E-state index is -0.335. The second kappa shape index (κ2) is 4.79. The summed E-state index contributed by atoms with van der Waals surface area (Å²) in [7, 11) is 0. The van der Waals surface area contributed by atoms with Gasteiger partial charge < -0.3 is 14.9 Å². The van der Waals surface area contributed by atoms with Crippen LogP contribution in [0.3, 0.4) is 0 Å². The van der Waals surface area contributed by atoms with Crippen molar-refractivity contribution in [3.05, 3.63) is 34.6 Å². The van der Waals surface area contributed by atoms with E-state index in [1.165, 1.54) is 0 Å². The van der Waals surface area contributed by atoms with Crippen LogP contribution in [0.25, 0.3) is 11.4 Å². The molecule has 1 aromatic heterocycles. The first kappa shape index (κ1) is 11.8. The maximum Gasteiger partial charge on any atom is 0.244 e. The third kappa shape index (κ3) is 2.31. The maximum absolute atomic E-state index is 9.46. The van der Waals surface area contributed by atoms with Crippen LogP contribution in [0.15, 0.2) is 33.3 Å². The molecule has 0 bridgehead atoms. The zero-order valence-corrected chi connectivity index (χ0v) is 11.1. The van der Waals surface area contributed by atoms with Crippen LogP contribution in [0.1, 0.15) is 18.4 Å². The molecule has 2 heterocycles. The van der Waals surface area contributed by atoms with Crippen LogP contribution in [0.5, 0.6) is 0 Å². The highest BCUT2D eigenvalue weighted by molar-refractivity contribution is 9.10. The number of β-amino-alcohol motifs (C(OH)–C–C–N with tert-alkyl or cyclic N) is 1. The normalized spacial score (nSPS) is 23.4. The standard InChI is InChI=1S/C12H12BrN3O2/c13-8-3-1-7(2-4-8)11-15-12(18-16-11)10-5-9(17)6-14-10/h1-4,9-10,14,17H,5-6H2/t9-,10-/m1/s1. The van der Waals surface area contributed by atoms with Gasteiger partial charge in [0.15, 0.2) is 0 Å². The molecule has 1 aliphatic rings. The van der Waals surface area contributed by atoms with Crippen LogP contribution in [-0.4, -0.2) is 27.9 Å². The molecule has 1 aromatic carbocycles. The Labute approximate surface area is 112 Å². The highest BCUT2D eigenvalue weighted by atomic mass is 79.9. The lowest BCUT2D eigenvalue weighted by atomic mass is 10.2. The molecular formula is C12H12BrN3O2. The fourth-order valence-electron chi connectivity index (χ4n) is 2.00. The molecule has 0 unspecified atom stereocenters. The van der Waals surface area contributed by atoms with Gasteiger partial charge in [-0.25, -0.2) is 0 Å². The van der Waals surface area contributed by atoms with Gasteiger partial charge in [0.25, 0.3) is 0 Å². The summed E-state index contributed by atoms with van der Waals surface area (Å²) in [6.45, 7) is 0.570. The average molecular weight is 310 g/mol. The number of nitrogens with one attached hydrogen (secondary N) is 1. The maximum atomic E-state index is 9.46. The Hall–Kier alpha value is -1.24. The molecule has 0 aliphatic carbocycles. The average Bonchev–Trinajstić information content (AvgIpc) is 2.98. The number of hydrogen-bond donors (Lipinski definition) is 2. The Morgan fingerprint density at radius 3 is 2.78 bits per heavy atom. The lowest BCUT2D eigenvalue weighted by molar-refractivity contribution is 0.191. The molecule has 1 aliphatic heterocycles. The van der Waals surface area contributed by atoms with Crippen molar-refractivity contribution in [1.29, 1.82) is 0 Å². The first-order valence-electron chi connectivity index (χ1n) is 5.73. The van der Waals surface area contributed by atoms with Gasteiger partial charge in [0.05, 0.1) is 12.1 Å². The van der Waals surface area contributed by atoms with Gasteiger partial charge in [0, 0.05) is 16.6 Å². The highest BCUT2D eigenvalue weighted by Crippen LogP contribution is 2.25. The van der Waals surface area contributed by atoms with E-state index in [2.05, 4.69) is 31.4 Å². The zero-order valence-electron chi connectivity index (χ0n) is 9.51. The summed E-state index contributed by atoms with van der Waals surface area (Å²) in [6, 6.07) is 7.67. The number of nitrogens with zero attached hydrogens (tertiary/aromatic N) is 2. The number of hydrogen-bond acceptors (Lipinski definition) is 5. The zero-order chi connectivity index (χ0) is 12.5. The molecule has 0 amide bonds. The second-order valence-electron chi connectivity index (χ2n) is 4.31. The summed E-state index contributed by atoms with van der Waals surface area (Å²) in [4.78, 5) is 4.36. The van der Waals surface area contributed by atoms with Crippen molar-refractivity contribution in [3.8, 4) is 11.4 Å². The van der Waals surface area contributed by atoms with Crippen LogP contribution in [-0.2, 0) is 0 Å². The molecule has 2 aromatic rings. The van der Waals surface area contributed by atoms with Crippen molar-refractivity contribution >= 4 is 15.9 Å². The summed E-state index contributed by atoms with van der Waals surface area (Å²) in [5.74, 6) is 1.10. The molecule has 2 N–H and O–H groups in total. The SMILES string of the molecule is O[C@H]1CN[C@@H](c2nc(-c3ccc(Br)cc3)no2)C1. The molecule has 0 spiro atoms. The van der Waals surface area contributed by atoms with Gasteiger partial charge in [-0.2, -0.15) is 4.98 Å². The predicted molar refractivity (Wildman–Crippen MR) is 68.8 cm³/mol. The molecule has 94 valence electrons. The summed E-state index contributed by atoms with van der Waals surface area (Å²) >= 11 is 3.38. The van der Waals surface area contributed by atoms with Gasteiger partial charge in [0.2, 0.25) is 11.7 Å². The van der Waals surface area contributed by atoms with Crippen molar-refractivity contribution in [2.24, 2.45) is 0 Å². The predicted octanol–water partition coefficient (Wildman–Crippen LogP) is 1.89. The quantitative estimate of drug-likeness (QED) is 0.886. The minimum absolute atomic E-state index is 0.0447. The molecular weight excluding hydrogens is 298 g/mol. The number of aliphatic hydroxyl groups excluding tert-OH is 1. The lowest BCUT2D eigenvalue weighted by Gasteiger charge is -2.01. The van der Waals surface area contributed by atoms with E-state index in [-0.39, 0.29) is 12.1 Å². The second-order valence-corrected chi connectivity index (χ2v) is 5.23. The molecule has 18 heavy (non-hydrogen) atoms. The molecule has 3 rings (SSSR count). The molecule has 0 radical (unpaired) electrons. The van der Waals surface area contributed by atoms with E-state index in [1.54, 1.807) is 0 Å². The molecule has 1 fully saturated rings. The van der Waals surface area contributed by atoms with E-state index in [1.807, 2.05) is 24.3 Å². The lowest BCUT2D eigenvalue weighted by Crippen LogP contribution is -2.15. The van der Waals surface area contributed by atoms with Crippen molar-refractivity contribution in [2.75, 3.05) is 6.54 Å². The molecule has 6 heteroatoms. The number of aromatic nitrogens is 2. The van der Waals surface area contributed by atoms with E-state index < -0.39 is 0 Å². The highest BCUT2D eigenvalue weighted by Gasteiger charge is 2.28. The fraction of sp³-hybridized carbons (Fsp3) is 0.333. The third-order valence-corrected chi connectivity index (χ3v) is 3.48. The van der Waals surface area contributed by atoms with Crippen LogP contribution in [0.2, 0.25) is 0 Å². The Morgan fingerprint density at radius 2 is 2.11 bits per heavy atom. The summed E-state index contributed by atoms with van der Waals surface area (Å²) in [5, 5.41) is 16.6. The van der Waals surface area contributed by atoms with Crippen LogP contribution >= 0.6 is 15.9 Å². The van der Waals surface area contributed by atoms with E-state index in [4.69, 9.17) is 4.52 Å². The smallest absolute Gasteiger partial charge is 0.244 e. The summed E-state index contributed by atoms with van der Waals surface area (Å²) in [5.41, 5.74) is 0.909. The van der Waals surface area contributed by atoms with Crippen molar-refractivity contribution < 1.29 is 9.63 Å². The van der Waals surface area contributed by atoms with Gasteiger partial charge in [-0.1, -0.05) is 21.1 Å². The summed E-state index contributed by atoms with van der Waals surface area (Å²) < 4.78 is 6.24. The van der Waals surface area contributed by atoms with Gasteiger partial charge in [-0.3, -0.25) is 0 Å². The van der Waals surface area contributed by atoms with E-state index >= 15 is 0 Å². The van der Waals surface area contributed by atoms with Crippen LogP contribution < -0.4 is 5.32 Å². The number of rotatable bonds is 2. The largest absolute Gasteiger partial charge is 0.392 e. The van der Waals surface area contributed by atoms with Gasteiger partial charge in [-0.15, -0.1) is 0 Å². The van der Waals surface area contributed by atoms with Crippen LogP contribution in [0, 0.1) is 0 Å². The van der Waals surface area contributed by atoms with Crippen molar-refractivity contribution in [2.45, 2.75) is 18.6 Å². The Kier molecular flexibility index (Phi) is 3.15. The minimum Gasteiger partial charge on any atom is -0.392 e. The molecule has 0 saturated carbocycles. The Morgan fingerprint density at radius 1 is 1.33 bits per heavy atom. The number of aliphatic hydroxyl groups is 1. The monoisotopic (exact) mass is 309 g/mol. The molecule has 2 atom stereocenters. The first-order chi connectivity index (χ1) is 8.72. The number of halogens is 1. The van der Waals surface area contributed by atoms with Crippen molar-refractivity contribution in [3.63, 3.8) is 0 Å². The first-order valence-corrected chi connectivity index (χ1v) is 6.52. The van der Waals surface area contributed by atoms with Crippen molar-refractivity contribution in [1.82, 2.24) is 15.5 Å². The summed E-state index contributed by atoms with van der Waals surface area (Å²) in [6.07, 6.45) is 0.278. The molecule has 5 nitrogen and oxygen atoms in total. The van der Waals surface area contributed by atoms with Crippen LogP contribution in [0.4, 0.5) is 0 Å². The van der Waals surface area contributed by atoms with Gasteiger partial charge in [-0.05, 0) is 30.7 Å². The third-order valence-electron chi connectivity index (χ3n) is 2.95. The molecule has 1 saturated heterocycles. The van der Waals surface area contributed by atoms with Gasteiger partial charge in [0.1, 0.15) is 0 Å². The number of benzene rings is 1.